The van der Waals surface area contributed by atoms with Crippen molar-refractivity contribution in [2.24, 2.45) is 11.3 Å². The summed E-state index contributed by atoms with van der Waals surface area (Å²) in [6, 6.07) is 10.4. The molecule has 1 saturated carbocycles. The van der Waals surface area contributed by atoms with Gasteiger partial charge in [-0.3, -0.25) is 0 Å². The third-order valence-electron chi connectivity index (χ3n) is 6.01. The Morgan fingerprint density at radius 3 is 2.48 bits per heavy atom. The van der Waals surface area contributed by atoms with Crippen LogP contribution in [-0.2, 0) is 0 Å². The van der Waals surface area contributed by atoms with E-state index in [0.29, 0.717) is 23.1 Å². The molecule has 0 aliphatic heterocycles. The Hall–Kier alpha value is -3.23. The van der Waals surface area contributed by atoms with Gasteiger partial charge in [-0.25, -0.2) is 9.78 Å². The number of aromatic nitrogens is 2. The number of alkyl halides is 3. The average molecular weight is 461 g/mol. The van der Waals surface area contributed by atoms with Crippen LogP contribution in [0.15, 0.2) is 42.5 Å². The van der Waals surface area contributed by atoms with Crippen LogP contribution in [0.1, 0.15) is 56.4 Å². The lowest BCUT2D eigenvalue weighted by atomic mass is 9.70. The van der Waals surface area contributed by atoms with E-state index in [1.807, 2.05) is 0 Å². The van der Waals surface area contributed by atoms with E-state index in [9.17, 15) is 23.1 Å². The summed E-state index contributed by atoms with van der Waals surface area (Å²) in [6.07, 6.45) is -1.77. The zero-order chi connectivity index (χ0) is 24.0. The number of nitrogens with one attached hydrogen (secondary N) is 1. The molecule has 1 fully saturated rings. The standard InChI is InChI=1S/C24H26F3N3O3/c1-14-10-17(13-23(2,3)12-14)30-20-9-4-15(21(31)32)11-19(20)29-22(30)28-16-5-7-18(8-6-16)33-24(25,26)27/h4-9,11,14,17H,10,12-13H2,1-3H3,(H,28,29)(H,31,32)/t14-,17-/m0/s1. The van der Waals surface area contributed by atoms with Gasteiger partial charge in [-0.1, -0.05) is 20.8 Å². The van der Waals surface area contributed by atoms with Gasteiger partial charge >= 0.3 is 12.3 Å². The van der Waals surface area contributed by atoms with Gasteiger partial charge in [0.15, 0.2) is 0 Å². The number of hydrogen-bond acceptors (Lipinski definition) is 4. The number of carbonyl (C=O) groups is 1. The lowest BCUT2D eigenvalue weighted by Gasteiger charge is -2.40. The van der Waals surface area contributed by atoms with Crippen LogP contribution in [0.5, 0.6) is 5.75 Å². The highest BCUT2D eigenvalue weighted by atomic mass is 19.4. The molecule has 0 radical (unpaired) electrons. The van der Waals surface area contributed by atoms with E-state index in [1.54, 1.807) is 12.1 Å². The molecule has 2 aromatic carbocycles. The maximum absolute atomic E-state index is 12.5. The third-order valence-corrected chi connectivity index (χ3v) is 6.01. The summed E-state index contributed by atoms with van der Waals surface area (Å²) >= 11 is 0. The average Bonchev–Trinajstić information content (AvgIpc) is 3.03. The van der Waals surface area contributed by atoms with E-state index < -0.39 is 12.3 Å². The van der Waals surface area contributed by atoms with Crippen LogP contribution in [0, 0.1) is 11.3 Å². The molecule has 1 heterocycles. The quantitative estimate of drug-likeness (QED) is 0.439. The normalized spacial score (nSPS) is 20.5. The first kappa shape index (κ1) is 22.9. The highest BCUT2D eigenvalue weighted by molar-refractivity contribution is 5.93. The second kappa shape index (κ2) is 8.28. The summed E-state index contributed by atoms with van der Waals surface area (Å²) in [7, 11) is 0. The van der Waals surface area contributed by atoms with Gasteiger partial charge in [-0.2, -0.15) is 0 Å². The van der Waals surface area contributed by atoms with Crippen molar-refractivity contribution in [3.05, 3.63) is 48.0 Å². The fourth-order valence-electron chi connectivity index (χ4n) is 5.05. The number of carboxylic acid groups (broad SMARTS) is 1. The maximum Gasteiger partial charge on any atom is 0.573 e. The predicted octanol–water partition coefficient (Wildman–Crippen LogP) is 6.76. The molecule has 0 bridgehead atoms. The van der Waals surface area contributed by atoms with Crippen molar-refractivity contribution in [2.45, 2.75) is 52.4 Å². The van der Waals surface area contributed by atoms with Crippen LogP contribution in [0.4, 0.5) is 24.8 Å². The molecule has 6 nitrogen and oxygen atoms in total. The monoisotopic (exact) mass is 461 g/mol. The van der Waals surface area contributed by atoms with Crippen molar-refractivity contribution in [1.82, 2.24) is 9.55 Å². The Labute approximate surface area is 189 Å². The second-order valence-electron chi connectivity index (χ2n) is 9.58. The van der Waals surface area contributed by atoms with E-state index in [2.05, 4.69) is 40.4 Å². The summed E-state index contributed by atoms with van der Waals surface area (Å²) in [5.74, 6) is -0.322. The van der Waals surface area contributed by atoms with Gasteiger partial charge in [0.2, 0.25) is 5.95 Å². The van der Waals surface area contributed by atoms with Crippen molar-refractivity contribution >= 4 is 28.6 Å². The van der Waals surface area contributed by atoms with Gasteiger partial charge in [0, 0.05) is 11.7 Å². The Balaban J connectivity index is 1.73. The number of hydrogen-bond donors (Lipinski definition) is 2. The number of rotatable bonds is 5. The van der Waals surface area contributed by atoms with Crippen LogP contribution in [0.2, 0.25) is 0 Å². The smallest absolute Gasteiger partial charge is 0.478 e. The van der Waals surface area contributed by atoms with Gasteiger partial charge in [-0.15, -0.1) is 13.2 Å². The molecular formula is C24H26F3N3O3. The van der Waals surface area contributed by atoms with E-state index in [0.717, 1.165) is 24.8 Å². The molecule has 0 unspecified atom stereocenters. The zero-order valence-electron chi connectivity index (χ0n) is 18.6. The molecule has 1 aliphatic carbocycles. The second-order valence-corrected chi connectivity index (χ2v) is 9.58. The number of ether oxygens (including phenoxy) is 1. The van der Waals surface area contributed by atoms with Crippen LogP contribution >= 0.6 is 0 Å². The highest BCUT2D eigenvalue weighted by Gasteiger charge is 2.35. The molecule has 9 heteroatoms. The summed E-state index contributed by atoms with van der Waals surface area (Å²) in [6.45, 7) is 6.70. The predicted molar refractivity (Wildman–Crippen MR) is 119 cm³/mol. The molecule has 4 rings (SSSR count). The first-order chi connectivity index (χ1) is 15.4. The number of fused-ring (bicyclic) bond motifs is 1. The topological polar surface area (TPSA) is 76.4 Å². The van der Waals surface area contributed by atoms with Crippen LogP contribution < -0.4 is 10.1 Å². The fourth-order valence-corrected chi connectivity index (χ4v) is 5.05. The minimum absolute atomic E-state index is 0.133. The van der Waals surface area contributed by atoms with Crippen LogP contribution in [0.25, 0.3) is 11.0 Å². The SMILES string of the molecule is C[C@H]1C[C@H](n2c(Nc3ccc(OC(F)(F)F)cc3)nc3cc(C(=O)O)ccc32)CC(C)(C)C1. The molecule has 1 aromatic heterocycles. The molecule has 2 N–H and O–H groups in total. The third kappa shape index (κ3) is 5.23. The largest absolute Gasteiger partial charge is 0.573 e. The zero-order valence-corrected chi connectivity index (χ0v) is 18.6. The number of nitrogens with zero attached hydrogens (tertiary/aromatic N) is 2. The lowest BCUT2D eigenvalue weighted by Crippen LogP contribution is -2.29. The van der Waals surface area contributed by atoms with Crippen molar-refractivity contribution in [2.75, 3.05) is 5.32 Å². The Morgan fingerprint density at radius 1 is 1.18 bits per heavy atom. The maximum atomic E-state index is 12.5. The van der Waals surface area contributed by atoms with E-state index in [1.165, 1.54) is 30.3 Å². The van der Waals surface area contributed by atoms with Gasteiger partial charge < -0.3 is 19.7 Å². The minimum atomic E-state index is -4.75. The molecule has 176 valence electrons. The molecule has 0 spiro atoms. The number of imidazole rings is 1. The number of benzene rings is 2. The minimum Gasteiger partial charge on any atom is -0.478 e. The van der Waals surface area contributed by atoms with Crippen molar-refractivity contribution in [1.29, 1.82) is 0 Å². The first-order valence-corrected chi connectivity index (χ1v) is 10.8. The highest BCUT2D eigenvalue weighted by Crippen LogP contribution is 2.46. The van der Waals surface area contributed by atoms with E-state index in [4.69, 9.17) is 0 Å². The van der Waals surface area contributed by atoms with Crippen LogP contribution in [-0.4, -0.2) is 27.0 Å². The Kier molecular flexibility index (Phi) is 5.76. The summed E-state index contributed by atoms with van der Waals surface area (Å²) in [5, 5.41) is 12.6. The molecular weight excluding hydrogens is 435 g/mol. The Morgan fingerprint density at radius 2 is 1.88 bits per heavy atom. The number of halogens is 3. The van der Waals surface area contributed by atoms with Gasteiger partial charge in [0.05, 0.1) is 16.6 Å². The van der Waals surface area contributed by atoms with Crippen molar-refractivity contribution in [3.63, 3.8) is 0 Å². The van der Waals surface area contributed by atoms with Gasteiger partial charge in [0.1, 0.15) is 5.75 Å². The lowest BCUT2D eigenvalue weighted by molar-refractivity contribution is -0.274. The molecule has 33 heavy (non-hydrogen) atoms. The molecule has 1 aliphatic rings. The summed E-state index contributed by atoms with van der Waals surface area (Å²) in [4.78, 5) is 16.1. The van der Waals surface area contributed by atoms with Crippen molar-refractivity contribution in [3.8, 4) is 5.75 Å². The van der Waals surface area contributed by atoms with E-state index >= 15 is 0 Å². The van der Waals surface area contributed by atoms with E-state index in [-0.39, 0.29) is 22.8 Å². The summed E-state index contributed by atoms with van der Waals surface area (Å²) in [5.41, 5.74) is 2.18. The van der Waals surface area contributed by atoms with Gasteiger partial charge in [-0.05, 0) is 73.1 Å². The molecule has 0 saturated heterocycles. The molecule has 2 atom stereocenters. The molecule has 3 aromatic rings. The first-order valence-electron chi connectivity index (χ1n) is 10.8. The number of aromatic carboxylic acids is 1. The fraction of sp³-hybridized carbons (Fsp3) is 0.417. The van der Waals surface area contributed by atoms with Gasteiger partial charge in [0.25, 0.3) is 0 Å². The number of carboxylic acids is 1. The Bertz CT molecular complexity index is 1170. The molecule has 0 amide bonds. The van der Waals surface area contributed by atoms with Crippen LogP contribution in [0.3, 0.4) is 0 Å². The number of anilines is 2. The summed E-state index contributed by atoms with van der Waals surface area (Å²) < 4.78 is 43.4. The van der Waals surface area contributed by atoms with Crippen molar-refractivity contribution < 1.29 is 27.8 Å².